The Balaban J connectivity index is 2.91. The summed E-state index contributed by atoms with van der Waals surface area (Å²) in [6, 6.07) is 9.71. The van der Waals surface area contributed by atoms with Gasteiger partial charge in [0.05, 0.1) is 0 Å². The van der Waals surface area contributed by atoms with Crippen LogP contribution in [0.2, 0.25) is 0 Å². The summed E-state index contributed by atoms with van der Waals surface area (Å²) in [6.07, 6.45) is 2.34. The Bertz CT molecular complexity index is 349. The first-order valence-electron chi connectivity index (χ1n) is 7.16. The number of para-hydroxylation sites is 1. The maximum atomic E-state index is 3.57. The lowest BCUT2D eigenvalue weighted by molar-refractivity contribution is 0.566. The second-order valence-corrected chi connectivity index (χ2v) is 5.10. The van der Waals surface area contributed by atoms with Crippen molar-refractivity contribution in [3.05, 3.63) is 29.8 Å². The second-order valence-electron chi connectivity index (χ2n) is 5.10. The monoisotopic (exact) mass is 248 g/mol. The smallest absolute Gasteiger partial charge is 0.0414 e. The third-order valence-corrected chi connectivity index (χ3v) is 3.74. The molecule has 0 heterocycles. The molecule has 102 valence electrons. The van der Waals surface area contributed by atoms with Crippen molar-refractivity contribution in [3.63, 3.8) is 0 Å². The van der Waals surface area contributed by atoms with Gasteiger partial charge in [0, 0.05) is 24.8 Å². The summed E-state index contributed by atoms with van der Waals surface area (Å²) in [5.41, 5.74) is 2.75. The van der Waals surface area contributed by atoms with Crippen molar-refractivity contribution in [2.45, 2.75) is 52.6 Å². The lowest BCUT2D eigenvalue weighted by Gasteiger charge is -2.30. The minimum absolute atomic E-state index is 0.410. The molecule has 0 amide bonds. The van der Waals surface area contributed by atoms with Gasteiger partial charge in [0.1, 0.15) is 0 Å². The SMILES string of the molecule is CCCNC(C)c1ccccc1N(C)C(C)CC. The summed E-state index contributed by atoms with van der Waals surface area (Å²) >= 11 is 0. The fourth-order valence-corrected chi connectivity index (χ4v) is 2.16. The van der Waals surface area contributed by atoms with E-state index in [-0.39, 0.29) is 0 Å². The summed E-state index contributed by atoms with van der Waals surface area (Å²) in [5.74, 6) is 0. The summed E-state index contributed by atoms with van der Waals surface area (Å²) in [6.45, 7) is 10.0. The zero-order chi connectivity index (χ0) is 13.5. The predicted molar refractivity (Wildman–Crippen MR) is 81.3 cm³/mol. The van der Waals surface area contributed by atoms with Gasteiger partial charge in [0.25, 0.3) is 0 Å². The van der Waals surface area contributed by atoms with Gasteiger partial charge in [-0.15, -0.1) is 0 Å². The van der Waals surface area contributed by atoms with Crippen molar-refractivity contribution < 1.29 is 0 Å². The zero-order valence-electron chi connectivity index (χ0n) is 12.5. The van der Waals surface area contributed by atoms with E-state index in [1.165, 1.54) is 24.1 Å². The van der Waals surface area contributed by atoms with Crippen molar-refractivity contribution in [2.75, 3.05) is 18.5 Å². The van der Waals surface area contributed by atoms with Gasteiger partial charge in [-0.25, -0.2) is 0 Å². The molecule has 0 saturated heterocycles. The fraction of sp³-hybridized carbons (Fsp3) is 0.625. The first-order chi connectivity index (χ1) is 8.61. The van der Waals surface area contributed by atoms with Crippen LogP contribution in [-0.2, 0) is 0 Å². The van der Waals surface area contributed by atoms with Gasteiger partial charge in [-0.1, -0.05) is 32.0 Å². The van der Waals surface area contributed by atoms with Crippen LogP contribution in [-0.4, -0.2) is 19.6 Å². The molecule has 0 aliphatic heterocycles. The van der Waals surface area contributed by atoms with Crippen LogP contribution in [0.3, 0.4) is 0 Å². The number of hydrogen-bond donors (Lipinski definition) is 1. The van der Waals surface area contributed by atoms with E-state index in [0.29, 0.717) is 12.1 Å². The highest BCUT2D eigenvalue weighted by molar-refractivity contribution is 5.55. The van der Waals surface area contributed by atoms with E-state index in [9.17, 15) is 0 Å². The van der Waals surface area contributed by atoms with Crippen LogP contribution in [0.1, 0.15) is 52.1 Å². The Hall–Kier alpha value is -1.02. The largest absolute Gasteiger partial charge is 0.372 e. The molecule has 0 fully saturated rings. The van der Waals surface area contributed by atoms with Crippen molar-refractivity contribution in [1.29, 1.82) is 0 Å². The molecule has 1 rings (SSSR count). The lowest BCUT2D eigenvalue weighted by Crippen LogP contribution is -2.30. The van der Waals surface area contributed by atoms with Gasteiger partial charge in [-0.3, -0.25) is 0 Å². The first-order valence-corrected chi connectivity index (χ1v) is 7.16. The summed E-state index contributed by atoms with van der Waals surface area (Å²) in [5, 5.41) is 3.57. The third-order valence-electron chi connectivity index (χ3n) is 3.74. The van der Waals surface area contributed by atoms with E-state index in [1.54, 1.807) is 0 Å². The van der Waals surface area contributed by atoms with Gasteiger partial charge >= 0.3 is 0 Å². The molecule has 0 aromatic heterocycles. The predicted octanol–water partition coefficient (Wildman–Crippen LogP) is 3.98. The number of hydrogen-bond acceptors (Lipinski definition) is 2. The summed E-state index contributed by atoms with van der Waals surface area (Å²) < 4.78 is 0. The van der Waals surface area contributed by atoms with E-state index in [0.717, 1.165) is 6.54 Å². The van der Waals surface area contributed by atoms with E-state index in [1.807, 2.05) is 0 Å². The molecule has 0 aliphatic carbocycles. The number of benzene rings is 1. The average Bonchev–Trinajstić information content (AvgIpc) is 2.43. The Labute approximate surface area is 112 Å². The first kappa shape index (κ1) is 15.0. The molecule has 0 aliphatic rings. The topological polar surface area (TPSA) is 15.3 Å². The lowest BCUT2D eigenvalue weighted by atomic mass is 10.0. The minimum atomic E-state index is 0.410. The Morgan fingerprint density at radius 3 is 2.44 bits per heavy atom. The second kappa shape index (κ2) is 7.42. The summed E-state index contributed by atoms with van der Waals surface area (Å²) in [4.78, 5) is 2.39. The van der Waals surface area contributed by atoms with Crippen molar-refractivity contribution >= 4 is 5.69 Å². The van der Waals surface area contributed by atoms with Crippen molar-refractivity contribution in [3.8, 4) is 0 Å². The Morgan fingerprint density at radius 1 is 1.17 bits per heavy atom. The van der Waals surface area contributed by atoms with Crippen LogP contribution in [0.4, 0.5) is 5.69 Å². The van der Waals surface area contributed by atoms with Crippen LogP contribution in [0.15, 0.2) is 24.3 Å². The molecule has 0 radical (unpaired) electrons. The van der Waals surface area contributed by atoms with Gasteiger partial charge in [0.15, 0.2) is 0 Å². The van der Waals surface area contributed by atoms with Gasteiger partial charge in [0.2, 0.25) is 0 Å². The molecule has 0 bridgehead atoms. The number of rotatable bonds is 7. The van der Waals surface area contributed by atoms with Crippen LogP contribution in [0.25, 0.3) is 0 Å². The average molecular weight is 248 g/mol. The fourth-order valence-electron chi connectivity index (χ4n) is 2.16. The maximum absolute atomic E-state index is 3.57. The maximum Gasteiger partial charge on any atom is 0.0414 e. The van der Waals surface area contributed by atoms with E-state index >= 15 is 0 Å². The molecule has 0 spiro atoms. The van der Waals surface area contributed by atoms with Crippen LogP contribution >= 0.6 is 0 Å². The number of nitrogens with one attached hydrogen (secondary N) is 1. The molecule has 1 N–H and O–H groups in total. The van der Waals surface area contributed by atoms with Gasteiger partial charge < -0.3 is 10.2 Å². The van der Waals surface area contributed by atoms with Crippen molar-refractivity contribution in [2.24, 2.45) is 0 Å². The van der Waals surface area contributed by atoms with Crippen LogP contribution < -0.4 is 10.2 Å². The molecule has 2 atom stereocenters. The molecular formula is C16H28N2. The Morgan fingerprint density at radius 2 is 1.83 bits per heavy atom. The molecule has 2 nitrogen and oxygen atoms in total. The van der Waals surface area contributed by atoms with Crippen LogP contribution in [0, 0.1) is 0 Å². The molecule has 2 heteroatoms. The van der Waals surface area contributed by atoms with E-state index in [2.05, 4.69) is 69.2 Å². The standard InChI is InChI=1S/C16H28N2/c1-6-12-17-14(4)15-10-8-9-11-16(15)18(5)13(3)7-2/h8-11,13-14,17H,6-7,12H2,1-5H3. The highest BCUT2D eigenvalue weighted by atomic mass is 15.1. The van der Waals surface area contributed by atoms with Gasteiger partial charge in [-0.05, 0) is 44.9 Å². The molecular weight excluding hydrogens is 220 g/mol. The summed E-state index contributed by atoms with van der Waals surface area (Å²) in [7, 11) is 2.19. The molecule has 2 unspecified atom stereocenters. The number of anilines is 1. The molecule has 18 heavy (non-hydrogen) atoms. The van der Waals surface area contributed by atoms with Crippen LogP contribution in [0.5, 0.6) is 0 Å². The molecule has 1 aromatic rings. The normalized spacial score (nSPS) is 14.3. The molecule has 1 aromatic carbocycles. The highest BCUT2D eigenvalue weighted by Crippen LogP contribution is 2.27. The quantitative estimate of drug-likeness (QED) is 0.785. The van der Waals surface area contributed by atoms with E-state index in [4.69, 9.17) is 0 Å². The minimum Gasteiger partial charge on any atom is -0.372 e. The van der Waals surface area contributed by atoms with Gasteiger partial charge in [-0.2, -0.15) is 0 Å². The molecule has 0 saturated carbocycles. The zero-order valence-corrected chi connectivity index (χ0v) is 12.5. The van der Waals surface area contributed by atoms with Crippen molar-refractivity contribution in [1.82, 2.24) is 5.32 Å². The van der Waals surface area contributed by atoms with E-state index < -0.39 is 0 Å². The highest BCUT2D eigenvalue weighted by Gasteiger charge is 2.15. The Kier molecular flexibility index (Phi) is 6.20. The third kappa shape index (κ3) is 3.74. The number of nitrogens with zero attached hydrogens (tertiary/aromatic N) is 1.